The van der Waals surface area contributed by atoms with Crippen LogP contribution in [0.5, 0.6) is 0 Å². The molecule has 2 aromatic heterocycles. The molecule has 146 valence electrons. The Morgan fingerprint density at radius 3 is 2.54 bits per heavy atom. The van der Waals surface area contributed by atoms with Crippen molar-refractivity contribution in [2.45, 2.75) is 19.3 Å². The first-order valence-corrected chi connectivity index (χ1v) is 10.1. The summed E-state index contributed by atoms with van der Waals surface area (Å²) in [6, 6.07) is 9.95. The van der Waals surface area contributed by atoms with Crippen LogP contribution in [-0.2, 0) is 6.42 Å². The fourth-order valence-electron chi connectivity index (χ4n) is 3.64. The van der Waals surface area contributed by atoms with E-state index in [1.165, 1.54) is 5.69 Å². The van der Waals surface area contributed by atoms with Crippen LogP contribution in [0.4, 0.5) is 11.5 Å². The molecule has 1 aliphatic heterocycles. The topological polar surface area (TPSA) is 65.4 Å². The molecule has 1 N–H and O–H groups in total. The molecule has 0 bridgehead atoms. The van der Waals surface area contributed by atoms with E-state index in [-0.39, 0.29) is 6.61 Å². The van der Waals surface area contributed by atoms with Gasteiger partial charge in [-0.3, -0.25) is 4.98 Å². The van der Waals surface area contributed by atoms with Gasteiger partial charge in [0.1, 0.15) is 11.6 Å². The average molecular weight is 398 g/mol. The summed E-state index contributed by atoms with van der Waals surface area (Å²) in [5, 5.41) is 10.8. The first kappa shape index (κ1) is 18.9. The maximum atomic E-state index is 8.94. The van der Waals surface area contributed by atoms with Crippen molar-refractivity contribution in [2.75, 3.05) is 42.6 Å². The predicted molar refractivity (Wildman–Crippen MR) is 113 cm³/mol. The van der Waals surface area contributed by atoms with Crippen molar-refractivity contribution in [3.05, 3.63) is 53.6 Å². The van der Waals surface area contributed by atoms with Gasteiger partial charge in [0.25, 0.3) is 0 Å². The molecule has 6 nitrogen and oxygen atoms in total. The fourth-order valence-corrected chi connectivity index (χ4v) is 3.80. The summed E-state index contributed by atoms with van der Waals surface area (Å²) in [6.45, 7) is 3.88. The lowest BCUT2D eigenvalue weighted by Crippen LogP contribution is -2.47. The summed E-state index contributed by atoms with van der Waals surface area (Å²) in [4.78, 5) is 18.2. The van der Waals surface area contributed by atoms with Crippen LogP contribution in [0.15, 0.2) is 42.7 Å². The maximum Gasteiger partial charge on any atom is 0.132 e. The van der Waals surface area contributed by atoms with Gasteiger partial charge in [0, 0.05) is 67.7 Å². The Morgan fingerprint density at radius 2 is 1.71 bits per heavy atom. The van der Waals surface area contributed by atoms with Gasteiger partial charge in [-0.25, -0.2) is 9.97 Å². The lowest BCUT2D eigenvalue weighted by atomic mass is 10.1. The third kappa shape index (κ3) is 4.18. The highest BCUT2D eigenvalue weighted by Crippen LogP contribution is 2.28. The zero-order valence-corrected chi connectivity index (χ0v) is 16.5. The molecule has 0 unspecified atom stereocenters. The van der Waals surface area contributed by atoms with Crippen molar-refractivity contribution in [3.63, 3.8) is 0 Å². The van der Waals surface area contributed by atoms with Crippen LogP contribution >= 0.6 is 11.6 Å². The van der Waals surface area contributed by atoms with Crippen LogP contribution in [-0.4, -0.2) is 52.8 Å². The number of hydrogen-bond acceptors (Lipinski definition) is 6. The predicted octanol–water partition coefficient (Wildman–Crippen LogP) is 3.32. The van der Waals surface area contributed by atoms with E-state index in [1.807, 2.05) is 30.6 Å². The highest BCUT2D eigenvalue weighted by Gasteiger charge is 2.20. The van der Waals surface area contributed by atoms with E-state index in [2.05, 4.69) is 31.9 Å². The molecule has 7 heteroatoms. The van der Waals surface area contributed by atoms with Gasteiger partial charge in [-0.15, -0.1) is 0 Å². The molecule has 4 rings (SSSR count). The number of halogens is 1. The summed E-state index contributed by atoms with van der Waals surface area (Å²) < 4.78 is 0. The van der Waals surface area contributed by atoms with E-state index in [0.29, 0.717) is 5.02 Å². The molecule has 3 aromatic rings. The van der Waals surface area contributed by atoms with Crippen LogP contribution in [0.25, 0.3) is 10.9 Å². The minimum absolute atomic E-state index is 0.220. The van der Waals surface area contributed by atoms with Gasteiger partial charge in [-0.2, -0.15) is 0 Å². The van der Waals surface area contributed by atoms with Gasteiger partial charge in [0.05, 0.1) is 5.52 Å². The molecule has 0 saturated carbocycles. The quantitative estimate of drug-likeness (QED) is 0.644. The number of nitrogens with zero attached hydrogens (tertiary/aromatic N) is 5. The number of rotatable bonds is 6. The van der Waals surface area contributed by atoms with Crippen molar-refractivity contribution < 1.29 is 5.11 Å². The Bertz CT molecular complexity index is 943. The van der Waals surface area contributed by atoms with Crippen molar-refractivity contribution in [1.29, 1.82) is 0 Å². The number of aromatic nitrogens is 3. The fraction of sp³-hybridized carbons (Fsp3) is 0.381. The molecule has 0 aliphatic carbocycles. The molecule has 0 amide bonds. The number of fused-ring (bicyclic) bond motifs is 1. The van der Waals surface area contributed by atoms with Crippen LogP contribution < -0.4 is 9.80 Å². The molecule has 0 atom stereocenters. The van der Waals surface area contributed by atoms with Crippen molar-refractivity contribution in [3.8, 4) is 0 Å². The lowest BCUT2D eigenvalue weighted by Gasteiger charge is -2.37. The largest absolute Gasteiger partial charge is 0.396 e. The van der Waals surface area contributed by atoms with Crippen molar-refractivity contribution in [1.82, 2.24) is 15.0 Å². The Kier molecular flexibility index (Phi) is 5.88. The van der Waals surface area contributed by atoms with Gasteiger partial charge in [0.2, 0.25) is 0 Å². The van der Waals surface area contributed by atoms with Gasteiger partial charge >= 0.3 is 0 Å². The smallest absolute Gasteiger partial charge is 0.132 e. The number of hydrogen-bond donors (Lipinski definition) is 1. The number of aliphatic hydroxyl groups is 1. The number of aliphatic hydroxyl groups excluding tert-OH is 1. The third-order valence-corrected chi connectivity index (χ3v) is 5.36. The number of piperazine rings is 1. The molecule has 28 heavy (non-hydrogen) atoms. The van der Waals surface area contributed by atoms with Crippen LogP contribution in [0.3, 0.4) is 0 Å². The SMILES string of the molecule is OCCCCc1nccc(N2CCN(c3ccnc4cc(Cl)ccc34)CC2)n1. The van der Waals surface area contributed by atoms with Crippen LogP contribution in [0.2, 0.25) is 5.02 Å². The molecule has 1 aromatic carbocycles. The molecule has 0 radical (unpaired) electrons. The summed E-state index contributed by atoms with van der Waals surface area (Å²) in [5.41, 5.74) is 2.13. The van der Waals surface area contributed by atoms with Crippen molar-refractivity contribution >= 4 is 34.0 Å². The lowest BCUT2D eigenvalue weighted by molar-refractivity contribution is 0.284. The second kappa shape index (κ2) is 8.71. The van der Waals surface area contributed by atoms with E-state index in [4.69, 9.17) is 21.7 Å². The molecular weight excluding hydrogens is 374 g/mol. The minimum atomic E-state index is 0.220. The Morgan fingerprint density at radius 1 is 0.929 bits per heavy atom. The van der Waals surface area contributed by atoms with Crippen LogP contribution in [0.1, 0.15) is 18.7 Å². The monoisotopic (exact) mass is 397 g/mol. The van der Waals surface area contributed by atoms with Gasteiger partial charge in [-0.05, 0) is 43.2 Å². The van der Waals surface area contributed by atoms with E-state index in [9.17, 15) is 0 Å². The number of benzene rings is 1. The highest BCUT2D eigenvalue weighted by molar-refractivity contribution is 6.31. The second-order valence-electron chi connectivity index (χ2n) is 6.98. The number of pyridine rings is 1. The third-order valence-electron chi connectivity index (χ3n) is 5.13. The normalized spacial score (nSPS) is 14.6. The molecule has 0 spiro atoms. The van der Waals surface area contributed by atoms with E-state index in [0.717, 1.165) is 68.0 Å². The molecule has 1 fully saturated rings. The van der Waals surface area contributed by atoms with Gasteiger partial charge < -0.3 is 14.9 Å². The summed E-state index contributed by atoms with van der Waals surface area (Å²) in [6.07, 6.45) is 6.19. The Hall–Kier alpha value is -2.44. The van der Waals surface area contributed by atoms with Gasteiger partial charge in [0.15, 0.2) is 0 Å². The number of anilines is 2. The van der Waals surface area contributed by atoms with Gasteiger partial charge in [-0.1, -0.05) is 11.6 Å². The first-order valence-electron chi connectivity index (χ1n) is 9.71. The number of unbranched alkanes of at least 4 members (excludes halogenated alkanes) is 1. The second-order valence-corrected chi connectivity index (χ2v) is 7.41. The first-order chi connectivity index (χ1) is 13.7. The zero-order chi connectivity index (χ0) is 19.3. The van der Waals surface area contributed by atoms with Crippen molar-refractivity contribution in [2.24, 2.45) is 0 Å². The summed E-state index contributed by atoms with van der Waals surface area (Å²) in [5.74, 6) is 1.84. The standard InChI is InChI=1S/C21H24ClN5O/c22-16-4-5-17-18(15-16)23-8-6-19(17)26-10-12-27(13-11-26)21-7-9-24-20(25-21)3-1-2-14-28/h4-9,15,28H,1-3,10-14H2. The highest BCUT2D eigenvalue weighted by atomic mass is 35.5. The van der Waals surface area contributed by atoms with Crippen LogP contribution in [0, 0.1) is 0 Å². The summed E-state index contributed by atoms with van der Waals surface area (Å²) in [7, 11) is 0. The molecule has 1 aliphatic rings. The zero-order valence-electron chi connectivity index (χ0n) is 15.8. The molecule has 1 saturated heterocycles. The minimum Gasteiger partial charge on any atom is -0.396 e. The Labute approximate surface area is 169 Å². The summed E-state index contributed by atoms with van der Waals surface area (Å²) >= 11 is 6.11. The maximum absolute atomic E-state index is 8.94. The van der Waals surface area contributed by atoms with E-state index >= 15 is 0 Å². The average Bonchev–Trinajstić information content (AvgIpc) is 2.74. The molecular formula is C21H24ClN5O. The van der Waals surface area contributed by atoms with E-state index in [1.54, 1.807) is 0 Å². The van der Waals surface area contributed by atoms with E-state index < -0.39 is 0 Å². The number of aryl methyl sites for hydroxylation is 1. The molecule has 3 heterocycles. The Balaban J connectivity index is 1.45.